The summed E-state index contributed by atoms with van der Waals surface area (Å²) in [6, 6.07) is 5.04. The Morgan fingerprint density at radius 2 is 1.75 bits per heavy atom. The summed E-state index contributed by atoms with van der Waals surface area (Å²) in [7, 11) is -4.08. The zero-order chi connectivity index (χ0) is 24.1. The second-order valence-corrected chi connectivity index (χ2v) is 9.01. The van der Waals surface area contributed by atoms with Gasteiger partial charge >= 0.3 is 0 Å². The van der Waals surface area contributed by atoms with Crippen LogP contribution in [0.15, 0.2) is 33.0 Å². The zero-order valence-electron chi connectivity index (χ0n) is 18.4. The monoisotopic (exact) mass is 464 g/mol. The molecule has 1 amide bonds. The van der Waals surface area contributed by atoms with Crippen molar-refractivity contribution in [2.24, 2.45) is 16.6 Å². The molecule has 11 nitrogen and oxygen atoms in total. The van der Waals surface area contributed by atoms with E-state index in [2.05, 4.69) is 20.2 Å². The van der Waals surface area contributed by atoms with Gasteiger partial charge in [0.15, 0.2) is 0 Å². The lowest BCUT2D eigenvalue weighted by atomic mass is 10.1. The molecule has 0 fully saturated rings. The maximum Gasteiger partial charge on any atom is 0.272 e. The molecule has 0 radical (unpaired) electrons. The number of rotatable bonds is 9. The summed E-state index contributed by atoms with van der Waals surface area (Å²) in [5, 5.41) is 5.92. The van der Waals surface area contributed by atoms with E-state index in [1.807, 2.05) is 6.92 Å². The Labute approximate surface area is 186 Å². The van der Waals surface area contributed by atoms with Gasteiger partial charge in [0.1, 0.15) is 12.3 Å². The molecule has 2 aromatic rings. The number of aromatic nitrogens is 1. The minimum Gasteiger partial charge on any atom is -0.391 e. The molecule has 0 spiro atoms. The number of nitrogens with two attached hydrogens (primary N) is 2. The van der Waals surface area contributed by atoms with Crippen molar-refractivity contribution in [3.63, 3.8) is 0 Å². The third-order valence-electron chi connectivity index (χ3n) is 4.40. The molecule has 1 heterocycles. The maximum atomic E-state index is 13.1. The lowest BCUT2D eigenvalue weighted by Gasteiger charge is -2.16. The minimum absolute atomic E-state index is 0.0313. The van der Waals surface area contributed by atoms with Crippen LogP contribution in [0.2, 0.25) is 0 Å². The Hall–Kier alpha value is -3.54. The van der Waals surface area contributed by atoms with Crippen molar-refractivity contribution >= 4 is 27.6 Å². The first-order valence-electron chi connectivity index (χ1n) is 9.71. The lowest BCUT2D eigenvalue weighted by Crippen LogP contribution is -2.30. The number of nitrogens with zero attached hydrogens (tertiary/aromatic N) is 1. The number of nitrogens with one attached hydrogen (secondary N) is 3. The van der Waals surface area contributed by atoms with Crippen LogP contribution in [-0.2, 0) is 26.1 Å². The quantitative estimate of drug-likeness (QED) is 0.153. The normalized spacial score (nSPS) is 11.0. The fourth-order valence-electron chi connectivity index (χ4n) is 3.38. The fourth-order valence-corrected chi connectivity index (χ4v) is 4.94. The molecule has 0 aliphatic heterocycles. The van der Waals surface area contributed by atoms with E-state index in [0.29, 0.717) is 16.8 Å². The van der Waals surface area contributed by atoms with Crippen LogP contribution >= 0.6 is 0 Å². The first-order valence-corrected chi connectivity index (χ1v) is 11.2. The molecule has 2 rings (SSSR count). The van der Waals surface area contributed by atoms with Gasteiger partial charge in [0, 0.05) is 5.69 Å². The van der Waals surface area contributed by atoms with Gasteiger partial charge in [-0.15, -0.1) is 0 Å². The third kappa shape index (κ3) is 6.48. The molecule has 0 aliphatic carbocycles. The van der Waals surface area contributed by atoms with Crippen LogP contribution in [0.5, 0.6) is 0 Å². The van der Waals surface area contributed by atoms with Gasteiger partial charge in [-0.1, -0.05) is 17.7 Å². The van der Waals surface area contributed by atoms with Gasteiger partial charge in [0.05, 0.1) is 17.9 Å². The van der Waals surface area contributed by atoms with Crippen LogP contribution < -0.4 is 27.1 Å². The summed E-state index contributed by atoms with van der Waals surface area (Å²) < 4.78 is 28.6. The van der Waals surface area contributed by atoms with Crippen LogP contribution in [0.3, 0.4) is 0 Å². The number of pyridine rings is 1. The number of hydrogen-bond donors (Lipinski definition) is 5. The SMILES string of the molecule is Cc1cc(C)c(S(=O)(=O)Nc2c(CC(=O)NCCON=C(N)N)cc(C)[nH]c2=O)c(C)c1. The highest BCUT2D eigenvalue weighted by atomic mass is 32.2. The largest absolute Gasteiger partial charge is 0.391 e. The van der Waals surface area contributed by atoms with Crippen LogP contribution in [0.1, 0.15) is 27.9 Å². The average Bonchev–Trinajstić information content (AvgIpc) is 2.62. The Bertz CT molecular complexity index is 1180. The molecule has 0 atom stereocenters. The van der Waals surface area contributed by atoms with Gasteiger partial charge in [-0.05, 0) is 55.6 Å². The van der Waals surface area contributed by atoms with Crippen molar-refractivity contribution in [3.05, 3.63) is 56.5 Å². The van der Waals surface area contributed by atoms with Gasteiger partial charge in [0.2, 0.25) is 11.9 Å². The molecule has 12 heteroatoms. The highest BCUT2D eigenvalue weighted by Gasteiger charge is 2.23. The number of benzene rings is 1. The highest BCUT2D eigenvalue weighted by Crippen LogP contribution is 2.24. The van der Waals surface area contributed by atoms with Gasteiger partial charge in [-0.2, -0.15) is 0 Å². The number of carbonyl (C=O) groups is 1. The summed E-state index contributed by atoms with van der Waals surface area (Å²) >= 11 is 0. The second kappa shape index (κ2) is 10.2. The molecule has 32 heavy (non-hydrogen) atoms. The van der Waals surface area contributed by atoms with E-state index in [1.165, 1.54) is 0 Å². The molecule has 7 N–H and O–H groups in total. The van der Waals surface area contributed by atoms with Crippen molar-refractivity contribution in [2.75, 3.05) is 17.9 Å². The number of hydrogen-bond acceptors (Lipinski definition) is 6. The summed E-state index contributed by atoms with van der Waals surface area (Å²) in [6.07, 6.45) is -0.225. The number of guanidine groups is 1. The molecule has 0 bridgehead atoms. The van der Waals surface area contributed by atoms with Gasteiger partial charge in [0.25, 0.3) is 15.6 Å². The molecular weight excluding hydrogens is 436 g/mol. The lowest BCUT2D eigenvalue weighted by molar-refractivity contribution is -0.120. The van der Waals surface area contributed by atoms with Crippen LogP contribution in [0.4, 0.5) is 5.69 Å². The Morgan fingerprint density at radius 3 is 2.34 bits per heavy atom. The molecule has 1 aromatic carbocycles. The average molecular weight is 465 g/mol. The molecule has 0 aliphatic rings. The number of aryl methyl sites for hydroxylation is 4. The van der Waals surface area contributed by atoms with Crippen molar-refractivity contribution < 1.29 is 18.0 Å². The van der Waals surface area contributed by atoms with E-state index < -0.39 is 21.5 Å². The van der Waals surface area contributed by atoms with Crippen molar-refractivity contribution in [2.45, 2.75) is 39.0 Å². The van der Waals surface area contributed by atoms with E-state index in [4.69, 9.17) is 16.3 Å². The number of carbonyl (C=O) groups excluding carboxylic acids is 1. The molecule has 174 valence electrons. The number of aromatic amines is 1. The van der Waals surface area contributed by atoms with Gasteiger partial charge < -0.3 is 26.6 Å². The summed E-state index contributed by atoms with van der Waals surface area (Å²) in [5.41, 5.74) is 12.2. The van der Waals surface area contributed by atoms with Crippen LogP contribution in [0.25, 0.3) is 0 Å². The van der Waals surface area contributed by atoms with Crippen LogP contribution in [-0.4, -0.2) is 38.4 Å². The topological polar surface area (TPSA) is 182 Å². The number of amides is 1. The Morgan fingerprint density at radius 1 is 1.12 bits per heavy atom. The first-order chi connectivity index (χ1) is 14.9. The maximum absolute atomic E-state index is 13.1. The smallest absolute Gasteiger partial charge is 0.272 e. The van der Waals surface area contributed by atoms with E-state index in [-0.39, 0.29) is 41.7 Å². The van der Waals surface area contributed by atoms with Crippen molar-refractivity contribution in [1.82, 2.24) is 10.3 Å². The number of H-pyrrole nitrogens is 1. The fraction of sp³-hybridized carbons (Fsp3) is 0.350. The van der Waals surface area contributed by atoms with Crippen molar-refractivity contribution in [3.8, 4) is 0 Å². The Kier molecular flexibility index (Phi) is 7.87. The predicted octanol–water partition coefficient (Wildman–Crippen LogP) is 0.273. The standard InChI is InChI=1S/C20H28N6O5S/c1-11-7-12(2)18(13(3)8-11)32(29,30)26-17-15(9-14(4)24-19(17)28)10-16(27)23-5-6-31-25-20(21)22/h7-9,26H,5-6,10H2,1-4H3,(H,23,27)(H,24,28)(H4,21,22,25). The molecule has 0 unspecified atom stereocenters. The van der Waals surface area contributed by atoms with Gasteiger partial charge in [-0.25, -0.2) is 8.42 Å². The summed E-state index contributed by atoms with van der Waals surface area (Å²) in [4.78, 5) is 32.3. The first kappa shape index (κ1) is 24.7. The van der Waals surface area contributed by atoms with E-state index in [1.54, 1.807) is 39.0 Å². The number of anilines is 1. The van der Waals surface area contributed by atoms with Gasteiger partial charge in [-0.3, -0.25) is 14.3 Å². The highest BCUT2D eigenvalue weighted by molar-refractivity contribution is 7.92. The van der Waals surface area contributed by atoms with Crippen LogP contribution in [0, 0.1) is 27.7 Å². The van der Waals surface area contributed by atoms with E-state index in [0.717, 1.165) is 5.56 Å². The van der Waals surface area contributed by atoms with Crippen molar-refractivity contribution in [1.29, 1.82) is 0 Å². The third-order valence-corrected chi connectivity index (χ3v) is 6.05. The summed E-state index contributed by atoms with van der Waals surface area (Å²) in [6.45, 7) is 7.02. The molecular formula is C20H28N6O5S. The zero-order valence-corrected chi connectivity index (χ0v) is 19.2. The van der Waals surface area contributed by atoms with E-state index >= 15 is 0 Å². The number of sulfonamides is 1. The molecule has 1 aromatic heterocycles. The predicted molar refractivity (Wildman–Crippen MR) is 122 cm³/mol. The molecule has 0 saturated heterocycles. The minimum atomic E-state index is -4.08. The Balaban J connectivity index is 2.27. The number of oxime groups is 1. The second-order valence-electron chi connectivity index (χ2n) is 7.39. The molecule has 0 saturated carbocycles. The summed E-state index contributed by atoms with van der Waals surface area (Å²) in [5.74, 6) is -0.683. The van der Waals surface area contributed by atoms with E-state index in [9.17, 15) is 18.0 Å².